The van der Waals surface area contributed by atoms with Gasteiger partial charge in [-0.15, -0.1) is 0 Å². The van der Waals surface area contributed by atoms with Gasteiger partial charge in [0, 0.05) is 6.26 Å². The van der Waals surface area contributed by atoms with E-state index in [-0.39, 0.29) is 10.6 Å². The van der Waals surface area contributed by atoms with Crippen molar-refractivity contribution in [3.8, 4) is 11.5 Å². The summed E-state index contributed by atoms with van der Waals surface area (Å²) in [5.41, 5.74) is 7.08. The van der Waals surface area contributed by atoms with E-state index < -0.39 is 9.84 Å². The second kappa shape index (κ2) is 5.54. The van der Waals surface area contributed by atoms with Gasteiger partial charge in [0.1, 0.15) is 5.75 Å². The molecule has 0 fully saturated rings. The number of nitrogen functional groups attached to an aromatic ring is 1. The molecule has 0 atom stereocenters. The quantitative estimate of drug-likeness (QED) is 0.879. The Hall–Kier alpha value is -2.01. The summed E-state index contributed by atoms with van der Waals surface area (Å²) in [5, 5.41) is 0. The first-order valence-corrected chi connectivity index (χ1v) is 8.17. The predicted octanol–water partition coefficient (Wildman–Crippen LogP) is 3.03. The van der Waals surface area contributed by atoms with Crippen molar-refractivity contribution in [1.82, 2.24) is 0 Å². The molecule has 0 aromatic heterocycles. The van der Waals surface area contributed by atoms with Crippen LogP contribution >= 0.6 is 0 Å². The topological polar surface area (TPSA) is 69.4 Å². The van der Waals surface area contributed by atoms with E-state index in [2.05, 4.69) is 0 Å². The number of nitrogens with two attached hydrogens (primary N) is 1. The van der Waals surface area contributed by atoms with Gasteiger partial charge in [-0.1, -0.05) is 31.2 Å². The van der Waals surface area contributed by atoms with E-state index in [1.807, 2.05) is 31.2 Å². The zero-order valence-corrected chi connectivity index (χ0v) is 12.3. The highest BCUT2D eigenvalue weighted by Gasteiger charge is 2.15. The molecule has 0 unspecified atom stereocenters. The van der Waals surface area contributed by atoms with E-state index in [1.165, 1.54) is 6.07 Å². The molecule has 0 saturated carbocycles. The summed E-state index contributed by atoms with van der Waals surface area (Å²) in [6.07, 6.45) is 1.95. The van der Waals surface area contributed by atoms with Gasteiger partial charge in [0.05, 0.1) is 10.6 Å². The van der Waals surface area contributed by atoms with Crippen LogP contribution in [0.3, 0.4) is 0 Å². The molecule has 2 aromatic rings. The fourth-order valence-corrected chi connectivity index (χ4v) is 2.78. The third-order valence-corrected chi connectivity index (χ3v) is 4.15. The van der Waals surface area contributed by atoms with Gasteiger partial charge in [-0.25, -0.2) is 8.42 Å². The van der Waals surface area contributed by atoms with Gasteiger partial charge in [-0.3, -0.25) is 0 Å². The molecule has 2 rings (SSSR count). The molecule has 0 spiro atoms. The smallest absolute Gasteiger partial charge is 0.177 e. The van der Waals surface area contributed by atoms with Crippen LogP contribution < -0.4 is 10.5 Å². The first-order valence-electron chi connectivity index (χ1n) is 6.27. The summed E-state index contributed by atoms with van der Waals surface area (Å²) in [7, 11) is -3.37. The Kier molecular flexibility index (Phi) is 3.99. The van der Waals surface area contributed by atoms with Gasteiger partial charge in [0.15, 0.2) is 15.6 Å². The van der Waals surface area contributed by atoms with Gasteiger partial charge in [0.2, 0.25) is 0 Å². The van der Waals surface area contributed by atoms with Crippen molar-refractivity contribution in [2.24, 2.45) is 0 Å². The van der Waals surface area contributed by atoms with Crippen LogP contribution in [0.4, 0.5) is 5.69 Å². The Bertz CT molecular complexity index is 724. The minimum absolute atomic E-state index is 0.0870. The number of anilines is 1. The van der Waals surface area contributed by atoms with Crippen LogP contribution in [0.25, 0.3) is 0 Å². The molecule has 0 aliphatic rings. The minimum atomic E-state index is -3.37. The highest BCUT2D eigenvalue weighted by Crippen LogP contribution is 2.33. The van der Waals surface area contributed by atoms with Crippen LogP contribution in [0.15, 0.2) is 47.4 Å². The molecule has 20 heavy (non-hydrogen) atoms. The van der Waals surface area contributed by atoms with E-state index >= 15 is 0 Å². The van der Waals surface area contributed by atoms with Crippen LogP contribution in [-0.4, -0.2) is 14.7 Å². The molecule has 0 heterocycles. The number of ether oxygens (including phenoxy) is 1. The summed E-state index contributed by atoms with van der Waals surface area (Å²) >= 11 is 0. The zero-order chi connectivity index (χ0) is 14.8. The van der Waals surface area contributed by atoms with Crippen LogP contribution in [0, 0.1) is 0 Å². The number of hydrogen-bond acceptors (Lipinski definition) is 4. The van der Waals surface area contributed by atoms with Crippen molar-refractivity contribution in [2.45, 2.75) is 18.2 Å². The number of aryl methyl sites for hydroxylation is 1. The Labute approximate surface area is 119 Å². The molecule has 2 aromatic carbocycles. The minimum Gasteiger partial charge on any atom is -0.455 e. The monoisotopic (exact) mass is 291 g/mol. The maximum Gasteiger partial charge on any atom is 0.177 e. The van der Waals surface area contributed by atoms with Gasteiger partial charge >= 0.3 is 0 Å². The number of hydrogen-bond donors (Lipinski definition) is 1. The third-order valence-electron chi connectivity index (χ3n) is 3.00. The lowest BCUT2D eigenvalue weighted by atomic mass is 10.1. The number of benzene rings is 2. The molecule has 106 valence electrons. The van der Waals surface area contributed by atoms with E-state index in [0.717, 1.165) is 18.2 Å². The summed E-state index contributed by atoms with van der Waals surface area (Å²) in [6.45, 7) is 2.03. The highest BCUT2D eigenvalue weighted by atomic mass is 32.2. The van der Waals surface area contributed by atoms with Gasteiger partial charge in [0.25, 0.3) is 0 Å². The maximum atomic E-state index is 11.6. The highest BCUT2D eigenvalue weighted by molar-refractivity contribution is 7.90. The molecule has 4 nitrogen and oxygen atoms in total. The average molecular weight is 291 g/mol. The predicted molar refractivity (Wildman–Crippen MR) is 79.9 cm³/mol. The van der Waals surface area contributed by atoms with Gasteiger partial charge < -0.3 is 10.5 Å². The second-order valence-electron chi connectivity index (χ2n) is 4.50. The van der Waals surface area contributed by atoms with Crippen molar-refractivity contribution in [1.29, 1.82) is 0 Å². The first-order chi connectivity index (χ1) is 9.43. The molecule has 5 heteroatoms. The second-order valence-corrected chi connectivity index (χ2v) is 6.49. The normalized spacial score (nSPS) is 11.3. The summed E-state index contributed by atoms with van der Waals surface area (Å²) in [5.74, 6) is 1.04. The summed E-state index contributed by atoms with van der Waals surface area (Å²) in [6, 6.07) is 12.4. The van der Waals surface area contributed by atoms with Crippen LogP contribution in [0.2, 0.25) is 0 Å². The molecule has 0 aliphatic carbocycles. The number of rotatable bonds is 4. The molecule has 0 bridgehead atoms. The summed E-state index contributed by atoms with van der Waals surface area (Å²) < 4.78 is 29.1. The fourth-order valence-electron chi connectivity index (χ4n) is 1.95. The van der Waals surface area contributed by atoms with Crippen molar-refractivity contribution < 1.29 is 13.2 Å². The molecule has 0 saturated heterocycles. The van der Waals surface area contributed by atoms with Crippen molar-refractivity contribution >= 4 is 15.5 Å². The van der Waals surface area contributed by atoms with Crippen LogP contribution in [0.1, 0.15) is 12.5 Å². The van der Waals surface area contributed by atoms with Crippen molar-refractivity contribution in [3.05, 3.63) is 48.0 Å². The van der Waals surface area contributed by atoms with Crippen molar-refractivity contribution in [2.75, 3.05) is 12.0 Å². The lowest BCUT2D eigenvalue weighted by Gasteiger charge is -2.13. The Balaban J connectivity index is 2.45. The lowest BCUT2D eigenvalue weighted by molar-refractivity contribution is 0.477. The SMILES string of the molecule is CCc1ccccc1Oc1cccc(S(C)(=O)=O)c1N. The zero-order valence-electron chi connectivity index (χ0n) is 11.5. The fraction of sp³-hybridized carbons (Fsp3) is 0.200. The Morgan fingerprint density at radius 3 is 2.35 bits per heavy atom. The van der Waals surface area contributed by atoms with E-state index in [0.29, 0.717) is 11.5 Å². The lowest BCUT2D eigenvalue weighted by Crippen LogP contribution is -2.04. The average Bonchev–Trinajstić information content (AvgIpc) is 2.40. The third kappa shape index (κ3) is 2.93. The molecule has 0 radical (unpaired) electrons. The maximum absolute atomic E-state index is 11.6. The van der Waals surface area contributed by atoms with Gasteiger partial charge in [-0.2, -0.15) is 0 Å². The van der Waals surface area contributed by atoms with E-state index in [9.17, 15) is 8.42 Å². The standard InChI is InChI=1S/C15H17NO3S/c1-3-11-7-4-5-8-12(11)19-13-9-6-10-14(15(13)16)20(2,17)18/h4-10H,3,16H2,1-2H3. The first kappa shape index (κ1) is 14.4. The van der Waals surface area contributed by atoms with Crippen molar-refractivity contribution in [3.63, 3.8) is 0 Å². The Morgan fingerprint density at radius 1 is 1.05 bits per heavy atom. The van der Waals surface area contributed by atoms with E-state index in [1.54, 1.807) is 12.1 Å². The largest absolute Gasteiger partial charge is 0.455 e. The summed E-state index contributed by atoms with van der Waals surface area (Å²) in [4.78, 5) is 0.0870. The number of sulfone groups is 1. The molecular formula is C15H17NO3S. The van der Waals surface area contributed by atoms with E-state index in [4.69, 9.17) is 10.5 Å². The van der Waals surface area contributed by atoms with Gasteiger partial charge in [-0.05, 0) is 30.2 Å². The van der Waals surface area contributed by atoms with Crippen LogP contribution in [-0.2, 0) is 16.3 Å². The molecular weight excluding hydrogens is 274 g/mol. The number of para-hydroxylation sites is 2. The molecule has 2 N–H and O–H groups in total. The Morgan fingerprint density at radius 2 is 1.70 bits per heavy atom. The molecule has 0 amide bonds. The molecule has 0 aliphatic heterocycles. The van der Waals surface area contributed by atoms with Crippen LogP contribution in [0.5, 0.6) is 11.5 Å².